The van der Waals surface area contributed by atoms with Gasteiger partial charge in [0, 0.05) is 24.2 Å². The molecule has 5 nitrogen and oxygen atoms in total. The maximum absolute atomic E-state index is 6.31. The zero-order chi connectivity index (χ0) is 14.3. The topological polar surface area (TPSA) is 66.2 Å². The summed E-state index contributed by atoms with van der Waals surface area (Å²) in [5.41, 5.74) is 9.08. The van der Waals surface area contributed by atoms with Crippen LogP contribution in [0.1, 0.15) is 23.1 Å². The van der Waals surface area contributed by atoms with E-state index in [9.17, 15) is 0 Å². The number of hydrogen-bond acceptors (Lipinski definition) is 4. The van der Waals surface area contributed by atoms with Gasteiger partial charge >= 0.3 is 0 Å². The standard InChI is InChI=1S/C15H17N3O2/c1-9-11-8-10(19-3)4-5-13(11)20-15(9)14(16)12-6-7-17-18(12)2/h4-8,14H,16H2,1-3H3. The summed E-state index contributed by atoms with van der Waals surface area (Å²) in [5.74, 6) is 1.57. The lowest BCUT2D eigenvalue weighted by molar-refractivity contribution is 0.415. The minimum atomic E-state index is -0.333. The molecule has 3 rings (SSSR count). The molecular weight excluding hydrogens is 254 g/mol. The molecule has 0 saturated carbocycles. The molecule has 2 N–H and O–H groups in total. The molecule has 3 aromatic rings. The fraction of sp³-hybridized carbons (Fsp3) is 0.267. The van der Waals surface area contributed by atoms with Crippen LogP contribution >= 0.6 is 0 Å². The lowest BCUT2D eigenvalue weighted by Gasteiger charge is -2.10. The molecule has 2 heterocycles. The fourth-order valence-electron chi connectivity index (χ4n) is 2.47. The van der Waals surface area contributed by atoms with Crippen molar-refractivity contribution in [2.24, 2.45) is 12.8 Å². The van der Waals surface area contributed by atoms with Crippen molar-refractivity contribution < 1.29 is 9.15 Å². The number of aryl methyl sites for hydroxylation is 2. The lowest BCUT2D eigenvalue weighted by atomic mass is 10.1. The molecule has 0 aliphatic heterocycles. The first kappa shape index (κ1) is 12.7. The van der Waals surface area contributed by atoms with Crippen LogP contribution in [0.15, 0.2) is 34.9 Å². The fourth-order valence-corrected chi connectivity index (χ4v) is 2.47. The number of ether oxygens (including phenoxy) is 1. The van der Waals surface area contributed by atoms with Gasteiger partial charge in [0.05, 0.1) is 12.8 Å². The predicted molar refractivity (Wildman–Crippen MR) is 76.7 cm³/mol. The van der Waals surface area contributed by atoms with E-state index < -0.39 is 0 Å². The maximum atomic E-state index is 6.31. The molecule has 1 aromatic carbocycles. The van der Waals surface area contributed by atoms with E-state index in [0.29, 0.717) is 0 Å². The Labute approximate surface area is 116 Å². The second-order valence-corrected chi connectivity index (χ2v) is 4.81. The quantitative estimate of drug-likeness (QED) is 0.795. The summed E-state index contributed by atoms with van der Waals surface area (Å²) in [6.45, 7) is 2.01. The van der Waals surface area contributed by atoms with Gasteiger partial charge in [-0.3, -0.25) is 4.68 Å². The van der Waals surface area contributed by atoms with Crippen molar-refractivity contribution in [3.8, 4) is 5.75 Å². The van der Waals surface area contributed by atoms with Gasteiger partial charge < -0.3 is 14.9 Å². The smallest absolute Gasteiger partial charge is 0.134 e. The van der Waals surface area contributed by atoms with E-state index in [1.165, 1.54) is 0 Å². The first-order valence-corrected chi connectivity index (χ1v) is 6.42. The van der Waals surface area contributed by atoms with Gasteiger partial charge in [-0.05, 0) is 31.2 Å². The number of nitrogens with two attached hydrogens (primary N) is 1. The molecule has 0 fully saturated rings. The van der Waals surface area contributed by atoms with Gasteiger partial charge in [0.25, 0.3) is 0 Å². The van der Waals surface area contributed by atoms with Crippen LogP contribution in [0.2, 0.25) is 0 Å². The van der Waals surface area contributed by atoms with Crippen molar-refractivity contribution in [3.05, 3.63) is 47.5 Å². The Kier molecular flexibility index (Phi) is 2.99. The number of nitrogens with zero attached hydrogens (tertiary/aromatic N) is 2. The molecule has 20 heavy (non-hydrogen) atoms. The molecule has 0 radical (unpaired) electrons. The van der Waals surface area contributed by atoms with E-state index in [-0.39, 0.29) is 6.04 Å². The van der Waals surface area contributed by atoms with Crippen LogP contribution in [0, 0.1) is 6.92 Å². The lowest BCUT2D eigenvalue weighted by Crippen LogP contribution is -2.16. The second kappa shape index (κ2) is 4.68. The van der Waals surface area contributed by atoms with E-state index in [1.54, 1.807) is 18.0 Å². The first-order chi connectivity index (χ1) is 9.61. The molecule has 1 atom stereocenters. The molecule has 2 aromatic heterocycles. The van der Waals surface area contributed by atoms with Crippen molar-refractivity contribution in [1.82, 2.24) is 9.78 Å². The number of benzene rings is 1. The number of hydrogen-bond donors (Lipinski definition) is 1. The van der Waals surface area contributed by atoms with E-state index in [4.69, 9.17) is 14.9 Å². The van der Waals surface area contributed by atoms with Crippen LogP contribution in [0.3, 0.4) is 0 Å². The maximum Gasteiger partial charge on any atom is 0.134 e. The van der Waals surface area contributed by atoms with Gasteiger partial charge in [0.2, 0.25) is 0 Å². The molecule has 0 aliphatic rings. The van der Waals surface area contributed by atoms with E-state index in [2.05, 4.69) is 5.10 Å². The normalized spacial score (nSPS) is 12.8. The number of methoxy groups -OCH3 is 1. The summed E-state index contributed by atoms with van der Waals surface area (Å²) in [6, 6.07) is 7.32. The molecule has 5 heteroatoms. The Morgan fingerprint density at radius 1 is 1.35 bits per heavy atom. The third-order valence-corrected chi connectivity index (χ3v) is 3.64. The molecule has 0 spiro atoms. The van der Waals surface area contributed by atoms with Gasteiger partial charge in [-0.1, -0.05) is 0 Å². The summed E-state index contributed by atoms with van der Waals surface area (Å²) in [5, 5.41) is 5.17. The van der Waals surface area contributed by atoms with Crippen molar-refractivity contribution in [3.63, 3.8) is 0 Å². The third kappa shape index (κ3) is 1.87. The molecule has 0 saturated heterocycles. The minimum absolute atomic E-state index is 0.333. The molecule has 104 valence electrons. The highest BCUT2D eigenvalue weighted by Gasteiger charge is 2.21. The summed E-state index contributed by atoms with van der Waals surface area (Å²) >= 11 is 0. The highest BCUT2D eigenvalue weighted by atomic mass is 16.5. The Balaban J connectivity index is 2.12. The van der Waals surface area contributed by atoms with E-state index >= 15 is 0 Å². The summed E-state index contributed by atoms with van der Waals surface area (Å²) in [6.07, 6.45) is 1.73. The van der Waals surface area contributed by atoms with Crippen LogP contribution in [-0.4, -0.2) is 16.9 Å². The summed E-state index contributed by atoms with van der Waals surface area (Å²) in [4.78, 5) is 0. The van der Waals surface area contributed by atoms with Crippen LogP contribution in [0.25, 0.3) is 11.0 Å². The summed E-state index contributed by atoms with van der Waals surface area (Å²) in [7, 11) is 3.52. The largest absolute Gasteiger partial charge is 0.497 e. The van der Waals surface area contributed by atoms with Crippen molar-refractivity contribution in [2.45, 2.75) is 13.0 Å². The van der Waals surface area contributed by atoms with Crippen LogP contribution < -0.4 is 10.5 Å². The van der Waals surface area contributed by atoms with E-state index in [0.717, 1.165) is 33.7 Å². The van der Waals surface area contributed by atoms with Gasteiger partial charge in [-0.25, -0.2) is 0 Å². The zero-order valence-electron chi connectivity index (χ0n) is 11.8. The van der Waals surface area contributed by atoms with Gasteiger partial charge in [-0.2, -0.15) is 5.10 Å². The first-order valence-electron chi connectivity index (χ1n) is 6.42. The second-order valence-electron chi connectivity index (χ2n) is 4.81. The number of rotatable bonds is 3. The Morgan fingerprint density at radius 3 is 2.80 bits per heavy atom. The molecule has 1 unspecified atom stereocenters. The average molecular weight is 271 g/mol. The Hall–Kier alpha value is -2.27. The Bertz CT molecular complexity index is 758. The zero-order valence-corrected chi connectivity index (χ0v) is 11.8. The highest BCUT2D eigenvalue weighted by Crippen LogP contribution is 2.33. The molecule has 0 amide bonds. The Morgan fingerprint density at radius 2 is 2.15 bits per heavy atom. The molecular formula is C15H17N3O2. The molecule has 0 bridgehead atoms. The predicted octanol–water partition coefficient (Wildman–Crippen LogP) is 2.53. The van der Waals surface area contributed by atoms with Crippen molar-refractivity contribution >= 4 is 11.0 Å². The van der Waals surface area contributed by atoms with Gasteiger partial charge in [0.1, 0.15) is 23.1 Å². The average Bonchev–Trinajstić information content (AvgIpc) is 3.02. The van der Waals surface area contributed by atoms with Gasteiger partial charge in [0.15, 0.2) is 0 Å². The highest BCUT2D eigenvalue weighted by molar-refractivity contribution is 5.83. The minimum Gasteiger partial charge on any atom is -0.497 e. The number of furan rings is 1. The summed E-state index contributed by atoms with van der Waals surface area (Å²) < 4.78 is 12.9. The molecule has 0 aliphatic carbocycles. The van der Waals surface area contributed by atoms with Crippen LogP contribution in [0.5, 0.6) is 5.75 Å². The van der Waals surface area contributed by atoms with Crippen molar-refractivity contribution in [2.75, 3.05) is 7.11 Å². The van der Waals surface area contributed by atoms with Gasteiger partial charge in [-0.15, -0.1) is 0 Å². The van der Waals surface area contributed by atoms with Crippen LogP contribution in [-0.2, 0) is 7.05 Å². The third-order valence-electron chi connectivity index (χ3n) is 3.64. The number of fused-ring (bicyclic) bond motifs is 1. The number of aromatic nitrogens is 2. The van der Waals surface area contributed by atoms with E-state index in [1.807, 2.05) is 38.2 Å². The SMILES string of the molecule is COc1ccc2oc(C(N)c3ccnn3C)c(C)c2c1. The monoisotopic (exact) mass is 271 g/mol. The van der Waals surface area contributed by atoms with Crippen molar-refractivity contribution in [1.29, 1.82) is 0 Å². The van der Waals surface area contributed by atoms with Crippen LogP contribution in [0.4, 0.5) is 0 Å².